The van der Waals surface area contributed by atoms with E-state index in [0.717, 1.165) is 5.70 Å². The summed E-state index contributed by atoms with van der Waals surface area (Å²) in [5.41, 5.74) is 3.19. The number of carbonyl (C=O) groups is 2. The second-order valence-corrected chi connectivity index (χ2v) is 6.89. The molecule has 0 fully saturated rings. The van der Waals surface area contributed by atoms with Crippen molar-refractivity contribution in [3.05, 3.63) is 95.7 Å². The molecule has 160 valence electrons. The van der Waals surface area contributed by atoms with E-state index in [0.29, 0.717) is 41.0 Å². The van der Waals surface area contributed by atoms with Gasteiger partial charge in [0.1, 0.15) is 17.3 Å². The molecule has 0 saturated carbocycles. The molecule has 0 aliphatic heterocycles. The van der Waals surface area contributed by atoms with Crippen molar-refractivity contribution in [2.45, 2.75) is 20.3 Å². The van der Waals surface area contributed by atoms with Crippen molar-refractivity contribution in [1.29, 1.82) is 0 Å². The van der Waals surface area contributed by atoms with E-state index in [-0.39, 0.29) is 23.2 Å². The first-order valence-electron chi connectivity index (χ1n) is 9.82. The Morgan fingerprint density at radius 3 is 2.68 bits per heavy atom. The van der Waals surface area contributed by atoms with Crippen molar-refractivity contribution in [1.82, 2.24) is 15.6 Å². The molecule has 6 nitrogen and oxygen atoms in total. The highest BCUT2D eigenvalue weighted by atomic mass is 19.1. The molecule has 3 aromatic rings. The van der Waals surface area contributed by atoms with Crippen LogP contribution in [0.3, 0.4) is 0 Å². The Balaban J connectivity index is 1.74. The number of ketones is 1. The molecule has 31 heavy (non-hydrogen) atoms. The van der Waals surface area contributed by atoms with Crippen LogP contribution in [0, 0.1) is 12.7 Å². The molecule has 2 heterocycles. The summed E-state index contributed by atoms with van der Waals surface area (Å²) >= 11 is 0. The van der Waals surface area contributed by atoms with E-state index in [1.54, 1.807) is 25.3 Å². The third-order valence-corrected chi connectivity index (χ3v) is 4.86. The summed E-state index contributed by atoms with van der Waals surface area (Å²) in [7, 11) is 0. The monoisotopic (exact) mass is 421 g/mol. The number of amides is 1. The summed E-state index contributed by atoms with van der Waals surface area (Å²) in [6.45, 7) is 7.63. The van der Waals surface area contributed by atoms with Crippen LogP contribution in [0.15, 0.2) is 71.8 Å². The lowest BCUT2D eigenvalue weighted by molar-refractivity contribution is 0.0949. The number of aryl methyl sites for hydroxylation is 1. The third-order valence-electron chi connectivity index (χ3n) is 4.86. The van der Waals surface area contributed by atoms with Gasteiger partial charge in [-0.15, -0.1) is 0 Å². The Morgan fingerprint density at radius 2 is 2.00 bits per heavy atom. The first kappa shape index (κ1) is 21.8. The Kier molecular flexibility index (Phi) is 6.87. The standard InChI is InChI=1S/C24H24FN3O3/c1-4-19(26-5-2)10-11-27-24(30)21-12-17(13-28-21)23(29)22-15(3)31-14-20(22)16-6-8-18(25)9-7-16/h4-9,12-14,26,28H,2,10-11H2,1,3H3,(H,27,30)/b19-4-. The van der Waals surface area contributed by atoms with Gasteiger partial charge in [-0.3, -0.25) is 9.59 Å². The summed E-state index contributed by atoms with van der Waals surface area (Å²) in [5.74, 6) is -0.506. The predicted octanol–water partition coefficient (Wildman–Crippen LogP) is 4.71. The van der Waals surface area contributed by atoms with Gasteiger partial charge in [-0.1, -0.05) is 24.8 Å². The first-order valence-corrected chi connectivity index (χ1v) is 9.82. The number of nitrogens with one attached hydrogen (secondary N) is 3. The van der Waals surface area contributed by atoms with E-state index in [9.17, 15) is 14.0 Å². The zero-order valence-corrected chi connectivity index (χ0v) is 17.4. The van der Waals surface area contributed by atoms with E-state index in [2.05, 4.69) is 22.2 Å². The number of hydrogen-bond acceptors (Lipinski definition) is 4. The van der Waals surface area contributed by atoms with E-state index < -0.39 is 0 Å². The highest BCUT2D eigenvalue weighted by Crippen LogP contribution is 2.30. The van der Waals surface area contributed by atoms with Crippen LogP contribution in [0.2, 0.25) is 0 Å². The minimum atomic E-state index is -0.361. The van der Waals surface area contributed by atoms with Crippen molar-refractivity contribution < 1.29 is 18.4 Å². The number of carbonyl (C=O) groups excluding carboxylic acids is 2. The fourth-order valence-corrected chi connectivity index (χ4v) is 3.22. The Hall–Kier alpha value is -3.87. The zero-order chi connectivity index (χ0) is 22.4. The zero-order valence-electron chi connectivity index (χ0n) is 17.4. The SMILES string of the molecule is C=CN/C(=C\C)CCNC(=O)c1cc(C(=O)c2c(-c3ccc(F)cc3)coc2C)c[nH]1. The molecule has 0 unspecified atom stereocenters. The average Bonchev–Trinajstić information content (AvgIpc) is 3.40. The maximum atomic E-state index is 13.3. The molecule has 0 bridgehead atoms. The molecule has 0 spiro atoms. The number of allylic oxidation sites excluding steroid dienone is 1. The van der Waals surface area contributed by atoms with Gasteiger partial charge in [0.05, 0.1) is 11.8 Å². The van der Waals surface area contributed by atoms with Crippen molar-refractivity contribution in [3.63, 3.8) is 0 Å². The number of aromatic nitrogens is 1. The number of aromatic amines is 1. The van der Waals surface area contributed by atoms with Crippen LogP contribution >= 0.6 is 0 Å². The highest BCUT2D eigenvalue weighted by Gasteiger charge is 2.22. The van der Waals surface area contributed by atoms with E-state index in [1.807, 2.05) is 13.0 Å². The molecule has 1 amide bonds. The van der Waals surface area contributed by atoms with Gasteiger partial charge in [-0.2, -0.15) is 0 Å². The molecule has 0 aliphatic carbocycles. The van der Waals surface area contributed by atoms with Gasteiger partial charge in [-0.25, -0.2) is 4.39 Å². The fourth-order valence-electron chi connectivity index (χ4n) is 3.22. The largest absolute Gasteiger partial charge is 0.468 e. The lowest BCUT2D eigenvalue weighted by Gasteiger charge is -2.07. The molecule has 3 rings (SSSR count). The van der Waals surface area contributed by atoms with E-state index in [4.69, 9.17) is 4.42 Å². The summed E-state index contributed by atoms with van der Waals surface area (Å²) in [5, 5.41) is 5.81. The highest BCUT2D eigenvalue weighted by molar-refractivity contribution is 6.14. The van der Waals surface area contributed by atoms with Crippen LogP contribution in [0.5, 0.6) is 0 Å². The quantitative estimate of drug-likeness (QED) is 0.437. The number of rotatable bonds is 9. The van der Waals surface area contributed by atoms with Crippen molar-refractivity contribution in [2.24, 2.45) is 0 Å². The third kappa shape index (κ3) is 5.01. The van der Waals surface area contributed by atoms with E-state index >= 15 is 0 Å². The second kappa shape index (κ2) is 9.75. The number of benzene rings is 1. The van der Waals surface area contributed by atoms with Gasteiger partial charge in [-0.05, 0) is 43.8 Å². The molecular formula is C24H24FN3O3. The molecule has 1 aromatic carbocycles. The minimum Gasteiger partial charge on any atom is -0.468 e. The topological polar surface area (TPSA) is 87.1 Å². The van der Waals surface area contributed by atoms with Gasteiger partial charge in [0.25, 0.3) is 5.91 Å². The lowest BCUT2D eigenvalue weighted by atomic mass is 9.97. The van der Waals surface area contributed by atoms with Gasteiger partial charge in [0.2, 0.25) is 0 Å². The maximum Gasteiger partial charge on any atom is 0.267 e. The molecule has 0 atom stereocenters. The molecule has 0 radical (unpaired) electrons. The number of halogens is 1. The molecular weight excluding hydrogens is 397 g/mol. The van der Waals surface area contributed by atoms with Crippen LogP contribution in [0.25, 0.3) is 11.1 Å². The Labute approximate surface area is 179 Å². The molecule has 0 aliphatic rings. The molecule has 3 N–H and O–H groups in total. The van der Waals surface area contributed by atoms with Gasteiger partial charge < -0.3 is 20.0 Å². The van der Waals surface area contributed by atoms with Crippen LogP contribution in [0.4, 0.5) is 4.39 Å². The summed E-state index contributed by atoms with van der Waals surface area (Å²) in [6, 6.07) is 7.35. The number of hydrogen-bond donors (Lipinski definition) is 3. The van der Waals surface area contributed by atoms with Gasteiger partial charge in [0, 0.05) is 36.0 Å². The van der Waals surface area contributed by atoms with Gasteiger partial charge >= 0.3 is 0 Å². The van der Waals surface area contributed by atoms with Crippen molar-refractivity contribution >= 4 is 11.7 Å². The lowest BCUT2D eigenvalue weighted by Crippen LogP contribution is -2.26. The first-order chi connectivity index (χ1) is 14.9. The summed E-state index contributed by atoms with van der Waals surface area (Å²) in [4.78, 5) is 28.4. The van der Waals surface area contributed by atoms with Crippen LogP contribution in [-0.4, -0.2) is 23.2 Å². The number of H-pyrrole nitrogens is 1. The second-order valence-electron chi connectivity index (χ2n) is 6.89. The van der Waals surface area contributed by atoms with Crippen LogP contribution in [-0.2, 0) is 0 Å². The Morgan fingerprint density at radius 1 is 1.26 bits per heavy atom. The smallest absolute Gasteiger partial charge is 0.267 e. The summed E-state index contributed by atoms with van der Waals surface area (Å²) in [6.07, 6.45) is 7.08. The van der Waals surface area contributed by atoms with Crippen molar-refractivity contribution in [2.75, 3.05) is 6.54 Å². The predicted molar refractivity (Wildman–Crippen MR) is 117 cm³/mol. The van der Waals surface area contributed by atoms with Gasteiger partial charge in [0.15, 0.2) is 5.78 Å². The normalized spacial score (nSPS) is 11.3. The maximum absolute atomic E-state index is 13.3. The van der Waals surface area contributed by atoms with E-state index in [1.165, 1.54) is 30.7 Å². The fraction of sp³-hybridized carbons (Fsp3) is 0.167. The Bertz CT molecular complexity index is 1120. The summed E-state index contributed by atoms with van der Waals surface area (Å²) < 4.78 is 18.7. The molecule has 2 aromatic heterocycles. The molecule has 0 saturated heterocycles. The molecule has 7 heteroatoms. The van der Waals surface area contributed by atoms with Crippen LogP contribution in [0.1, 0.15) is 45.5 Å². The average molecular weight is 421 g/mol. The number of furan rings is 1. The minimum absolute atomic E-state index is 0.284. The van der Waals surface area contributed by atoms with Crippen LogP contribution < -0.4 is 10.6 Å². The van der Waals surface area contributed by atoms with Crippen molar-refractivity contribution in [3.8, 4) is 11.1 Å².